The molecule has 128 valence electrons. The Morgan fingerprint density at radius 3 is 1.10 bits per heavy atom. The predicted octanol–water partition coefficient (Wildman–Crippen LogP) is 8.12. The second-order valence-corrected chi connectivity index (χ2v) is 9.65. The van der Waals surface area contributed by atoms with Crippen molar-refractivity contribution in [1.29, 1.82) is 0 Å². The predicted molar refractivity (Wildman–Crippen MR) is 63.3 cm³/mol. The minimum atomic E-state index is -10.5. The van der Waals surface area contributed by atoms with Crippen LogP contribution in [0.1, 0.15) is 25.3 Å². The van der Waals surface area contributed by atoms with E-state index >= 15 is 0 Å². The number of benzene rings is 1. The van der Waals surface area contributed by atoms with E-state index in [2.05, 4.69) is 0 Å². The maximum atomic E-state index is 12.6. The summed E-state index contributed by atoms with van der Waals surface area (Å²) >= 11 is 0. The van der Waals surface area contributed by atoms with Crippen LogP contribution in [-0.4, -0.2) is 0 Å². The maximum absolute atomic E-state index is 12.6. The van der Waals surface area contributed by atoms with Gasteiger partial charge in [0.1, 0.15) is 9.79 Å². The Hall–Kier alpha value is -0.780. The lowest BCUT2D eigenvalue weighted by atomic mass is 10.0. The molecule has 12 heteroatoms. The zero-order chi connectivity index (χ0) is 17.2. The van der Waals surface area contributed by atoms with Crippen LogP contribution in [0.4, 0.5) is 38.9 Å². The Bertz CT molecular complexity index is 545. The molecule has 0 fully saturated rings. The molecule has 0 N–H and O–H groups in total. The van der Waals surface area contributed by atoms with Crippen LogP contribution in [0.25, 0.3) is 0 Å². The highest BCUT2D eigenvalue weighted by Gasteiger charge is 2.69. The van der Waals surface area contributed by atoms with Gasteiger partial charge in [-0.3, -0.25) is 0 Å². The first-order chi connectivity index (χ1) is 8.49. The van der Waals surface area contributed by atoms with E-state index in [9.17, 15) is 38.9 Å². The van der Waals surface area contributed by atoms with Crippen LogP contribution in [0.3, 0.4) is 0 Å². The summed E-state index contributed by atoms with van der Waals surface area (Å²) in [6, 6.07) is -1.70. The van der Waals surface area contributed by atoms with Gasteiger partial charge < -0.3 is 0 Å². The molecule has 1 aromatic carbocycles. The second kappa shape index (κ2) is 3.26. The van der Waals surface area contributed by atoms with Gasteiger partial charge in [-0.1, -0.05) is 52.7 Å². The van der Waals surface area contributed by atoms with Crippen molar-refractivity contribution in [3.63, 3.8) is 0 Å². The van der Waals surface area contributed by atoms with Gasteiger partial charge in [0.05, 0.1) is 0 Å². The Kier molecular flexibility index (Phi) is 2.84. The van der Waals surface area contributed by atoms with Crippen LogP contribution in [0.2, 0.25) is 0 Å². The van der Waals surface area contributed by atoms with Gasteiger partial charge >= 0.3 is 20.4 Å². The molecule has 0 nitrogen and oxygen atoms in total. The molecule has 0 unspecified atom stereocenters. The van der Waals surface area contributed by atoms with Crippen LogP contribution in [0, 0.1) is 0 Å². The lowest BCUT2D eigenvalue weighted by Crippen LogP contribution is -2.12. The average molecular weight is 372 g/mol. The van der Waals surface area contributed by atoms with Gasteiger partial charge in [-0.05, 0) is 29.7 Å². The van der Waals surface area contributed by atoms with E-state index in [1.807, 2.05) is 0 Å². The number of halogens is 10. The van der Waals surface area contributed by atoms with Gasteiger partial charge in [-0.15, -0.1) is 0 Å². The number of rotatable bonds is 3. The first-order valence-electron chi connectivity index (χ1n) is 5.13. The summed E-state index contributed by atoms with van der Waals surface area (Å²) in [5, 5.41) is 0. The standard InChI is InChI=1S/C9H10F10S2/c1-6(2)7-3-8(20(10,11,12,13)14)5-9(4-7)21(15,16,17,18)19/h3-6H,1-2H3. The van der Waals surface area contributed by atoms with Crippen LogP contribution in [0.5, 0.6) is 0 Å². The maximum Gasteiger partial charge on any atom is 0.310 e. The third kappa shape index (κ3) is 4.59. The van der Waals surface area contributed by atoms with Crippen LogP contribution < -0.4 is 0 Å². The molecule has 0 saturated heterocycles. The highest BCUT2D eigenvalue weighted by Crippen LogP contribution is 3.05. The van der Waals surface area contributed by atoms with E-state index in [1.165, 1.54) is 0 Å². The molecule has 0 spiro atoms. The molecule has 0 radical (unpaired) electrons. The largest absolute Gasteiger partial charge is 0.310 e. The van der Waals surface area contributed by atoms with Crippen molar-refractivity contribution in [3.05, 3.63) is 23.8 Å². The lowest BCUT2D eigenvalue weighted by molar-refractivity contribution is 0.359. The lowest BCUT2D eigenvalue weighted by Gasteiger charge is -2.44. The molecular weight excluding hydrogens is 362 g/mol. The van der Waals surface area contributed by atoms with Gasteiger partial charge in [0, 0.05) is 0 Å². The molecule has 0 amide bonds. The molecule has 21 heavy (non-hydrogen) atoms. The molecule has 0 aliphatic carbocycles. The number of hydrogen-bond donors (Lipinski definition) is 0. The van der Waals surface area contributed by atoms with Gasteiger partial charge in [-0.25, -0.2) is 0 Å². The second-order valence-electron chi connectivity index (χ2n) is 4.83. The summed E-state index contributed by atoms with van der Waals surface area (Å²) in [6.07, 6.45) is 0. The average Bonchev–Trinajstić information content (AvgIpc) is 2.09. The van der Waals surface area contributed by atoms with Crippen molar-refractivity contribution in [3.8, 4) is 0 Å². The fraction of sp³-hybridized carbons (Fsp3) is 0.333. The molecule has 0 atom stereocenters. The fourth-order valence-electron chi connectivity index (χ4n) is 1.37. The van der Waals surface area contributed by atoms with Crippen molar-refractivity contribution < 1.29 is 38.9 Å². The highest BCUT2D eigenvalue weighted by molar-refractivity contribution is 8.46. The fourth-order valence-corrected chi connectivity index (χ4v) is 2.86. The minimum Gasteiger partial charge on any atom is -0.0936 e. The topological polar surface area (TPSA) is 0 Å². The summed E-state index contributed by atoms with van der Waals surface area (Å²) in [4.78, 5) is -5.96. The highest BCUT2D eigenvalue weighted by atomic mass is 32.5. The van der Waals surface area contributed by atoms with Gasteiger partial charge in [0.2, 0.25) is 0 Å². The van der Waals surface area contributed by atoms with Gasteiger partial charge in [-0.2, -0.15) is 0 Å². The minimum absolute atomic E-state index is 0.237. The summed E-state index contributed by atoms with van der Waals surface area (Å²) in [6.45, 7) is 2.17. The van der Waals surface area contributed by atoms with Crippen molar-refractivity contribution in [2.75, 3.05) is 0 Å². The van der Waals surface area contributed by atoms with E-state index in [1.54, 1.807) is 0 Å². The van der Waals surface area contributed by atoms with Gasteiger partial charge in [0.25, 0.3) is 0 Å². The third-order valence-corrected chi connectivity index (χ3v) is 4.71. The summed E-state index contributed by atoms with van der Waals surface area (Å²) in [7, 11) is -21.0. The van der Waals surface area contributed by atoms with E-state index in [4.69, 9.17) is 0 Å². The molecule has 0 aliphatic rings. The molecule has 0 bridgehead atoms. The Morgan fingerprint density at radius 1 is 0.619 bits per heavy atom. The molecule has 0 saturated carbocycles. The molecular formula is C9H10F10S2. The normalized spacial score (nSPS) is 20.4. The van der Waals surface area contributed by atoms with E-state index in [-0.39, 0.29) is 12.1 Å². The quantitative estimate of drug-likeness (QED) is 0.470. The first-order valence-corrected chi connectivity index (χ1v) is 9.03. The van der Waals surface area contributed by atoms with Crippen LogP contribution in [0.15, 0.2) is 28.0 Å². The van der Waals surface area contributed by atoms with Crippen molar-refractivity contribution in [2.24, 2.45) is 0 Å². The molecule has 1 rings (SSSR count). The Balaban J connectivity index is 3.89. The third-order valence-electron chi connectivity index (χ3n) is 2.46. The van der Waals surface area contributed by atoms with Crippen molar-refractivity contribution >= 4 is 20.4 Å². The molecule has 0 aliphatic heterocycles. The summed E-state index contributed by atoms with van der Waals surface area (Å²) in [5.74, 6) is -1.09. The Labute approximate surface area is 113 Å². The monoisotopic (exact) mass is 372 g/mol. The van der Waals surface area contributed by atoms with E-state index in [0.717, 1.165) is 13.8 Å². The van der Waals surface area contributed by atoms with E-state index < -0.39 is 47.8 Å². The van der Waals surface area contributed by atoms with Crippen molar-refractivity contribution in [2.45, 2.75) is 29.6 Å². The Morgan fingerprint density at radius 2 is 0.905 bits per heavy atom. The summed E-state index contributed by atoms with van der Waals surface area (Å²) < 4.78 is 126. The van der Waals surface area contributed by atoms with E-state index in [0.29, 0.717) is 0 Å². The van der Waals surface area contributed by atoms with Crippen LogP contribution >= 0.6 is 20.4 Å². The summed E-state index contributed by atoms with van der Waals surface area (Å²) in [5.41, 5.74) is -0.913. The van der Waals surface area contributed by atoms with Gasteiger partial charge in [0.15, 0.2) is 0 Å². The zero-order valence-electron chi connectivity index (χ0n) is 10.4. The molecule has 0 heterocycles. The first kappa shape index (κ1) is 18.3. The molecule has 1 aromatic rings. The zero-order valence-corrected chi connectivity index (χ0v) is 12.0. The van der Waals surface area contributed by atoms with Crippen LogP contribution in [-0.2, 0) is 0 Å². The number of hydrogen-bond acceptors (Lipinski definition) is 0. The SMILES string of the molecule is CC(C)c1cc(S(F)(F)(F)(F)F)cc(S(F)(F)(F)(F)F)c1. The smallest absolute Gasteiger partial charge is 0.0936 e. The molecule has 0 aromatic heterocycles. The van der Waals surface area contributed by atoms with Crippen molar-refractivity contribution in [1.82, 2.24) is 0 Å².